The highest BCUT2D eigenvalue weighted by Gasteiger charge is 2.30. The van der Waals surface area contributed by atoms with Gasteiger partial charge < -0.3 is 19.3 Å². The SMILES string of the molecule is COc1cc(CNC(=O)c2cnc(OCC(F)(F)F)c(C3CCCCC3)c2)on1. The molecule has 7 nitrogen and oxygen atoms in total. The van der Waals surface area contributed by atoms with E-state index in [0.717, 1.165) is 32.1 Å². The minimum atomic E-state index is -4.46. The number of rotatable bonds is 7. The number of nitrogens with zero attached hydrogens (tertiary/aromatic N) is 2. The van der Waals surface area contributed by atoms with Gasteiger partial charge in [-0.05, 0) is 30.0 Å². The molecule has 0 atom stereocenters. The van der Waals surface area contributed by atoms with E-state index < -0.39 is 18.7 Å². The first-order valence-corrected chi connectivity index (χ1v) is 9.33. The first-order valence-electron chi connectivity index (χ1n) is 9.33. The highest BCUT2D eigenvalue weighted by Crippen LogP contribution is 2.37. The maximum atomic E-state index is 12.6. The Morgan fingerprint density at radius 3 is 2.69 bits per heavy atom. The molecule has 2 aromatic rings. The lowest BCUT2D eigenvalue weighted by molar-refractivity contribution is -0.154. The maximum absolute atomic E-state index is 12.6. The van der Waals surface area contributed by atoms with Gasteiger partial charge in [0.25, 0.3) is 11.8 Å². The average molecular weight is 413 g/mol. The van der Waals surface area contributed by atoms with E-state index in [1.54, 1.807) is 12.1 Å². The van der Waals surface area contributed by atoms with E-state index in [4.69, 9.17) is 14.0 Å². The lowest BCUT2D eigenvalue weighted by Crippen LogP contribution is -2.24. The second kappa shape index (κ2) is 9.15. The number of carbonyl (C=O) groups excluding carboxylic acids is 1. The number of carbonyl (C=O) groups is 1. The zero-order valence-corrected chi connectivity index (χ0v) is 15.9. The Bertz CT molecular complexity index is 832. The predicted octanol–water partition coefficient (Wildman–Crippen LogP) is 4.00. The van der Waals surface area contributed by atoms with Crippen LogP contribution in [0.4, 0.5) is 13.2 Å². The van der Waals surface area contributed by atoms with Gasteiger partial charge in [0.05, 0.1) is 19.2 Å². The fourth-order valence-electron chi connectivity index (χ4n) is 3.31. The summed E-state index contributed by atoms with van der Waals surface area (Å²) in [6, 6.07) is 3.12. The average Bonchev–Trinajstić information content (AvgIpc) is 3.18. The smallest absolute Gasteiger partial charge is 0.422 e. The Morgan fingerprint density at radius 2 is 2.03 bits per heavy atom. The van der Waals surface area contributed by atoms with E-state index in [2.05, 4.69) is 15.5 Å². The first kappa shape index (κ1) is 20.9. The summed E-state index contributed by atoms with van der Waals surface area (Å²) in [5, 5.41) is 6.31. The standard InChI is InChI=1S/C19H22F3N3O4/c1-27-16-8-14(29-25-16)10-23-17(26)13-7-15(12-5-3-2-4-6-12)18(24-9-13)28-11-19(20,21)22/h7-9,12H,2-6,10-11H2,1H3,(H,23,26). The third kappa shape index (κ3) is 5.85. The number of aromatic nitrogens is 2. The molecule has 1 aliphatic rings. The maximum Gasteiger partial charge on any atom is 0.422 e. The van der Waals surface area contributed by atoms with Gasteiger partial charge in [-0.1, -0.05) is 19.3 Å². The van der Waals surface area contributed by atoms with Crippen molar-refractivity contribution in [1.29, 1.82) is 0 Å². The fourth-order valence-corrected chi connectivity index (χ4v) is 3.31. The summed E-state index contributed by atoms with van der Waals surface area (Å²) in [6.45, 7) is -1.33. The molecule has 1 aliphatic carbocycles. The Kier molecular flexibility index (Phi) is 6.60. The van der Waals surface area contributed by atoms with Crippen molar-refractivity contribution in [3.05, 3.63) is 35.2 Å². The van der Waals surface area contributed by atoms with Crippen molar-refractivity contribution in [3.8, 4) is 11.8 Å². The number of nitrogens with one attached hydrogen (secondary N) is 1. The van der Waals surface area contributed by atoms with Crippen LogP contribution >= 0.6 is 0 Å². The lowest BCUT2D eigenvalue weighted by Gasteiger charge is -2.24. The van der Waals surface area contributed by atoms with Gasteiger partial charge in [-0.15, -0.1) is 0 Å². The Labute approximate surface area is 165 Å². The third-order valence-corrected chi connectivity index (χ3v) is 4.73. The van der Waals surface area contributed by atoms with Crippen LogP contribution in [0.2, 0.25) is 0 Å². The van der Waals surface area contributed by atoms with Gasteiger partial charge >= 0.3 is 6.18 Å². The predicted molar refractivity (Wildman–Crippen MR) is 95.8 cm³/mol. The molecular formula is C19H22F3N3O4. The molecule has 1 saturated carbocycles. The summed E-state index contributed by atoms with van der Waals surface area (Å²) in [5.74, 6) is 0.228. The molecule has 10 heteroatoms. The van der Waals surface area contributed by atoms with Crippen LogP contribution < -0.4 is 14.8 Å². The van der Waals surface area contributed by atoms with Crippen LogP contribution in [-0.2, 0) is 6.54 Å². The van der Waals surface area contributed by atoms with Crippen LogP contribution in [-0.4, -0.2) is 35.9 Å². The van der Waals surface area contributed by atoms with Gasteiger partial charge in [0.15, 0.2) is 12.4 Å². The van der Waals surface area contributed by atoms with E-state index in [0.29, 0.717) is 17.2 Å². The number of amides is 1. The molecule has 0 unspecified atom stereocenters. The molecule has 1 fully saturated rings. The largest absolute Gasteiger partial charge is 0.479 e. The monoisotopic (exact) mass is 413 g/mol. The zero-order valence-electron chi connectivity index (χ0n) is 15.9. The quantitative estimate of drug-likeness (QED) is 0.739. The molecule has 158 valence electrons. The van der Waals surface area contributed by atoms with Crippen LogP contribution in [0.3, 0.4) is 0 Å². The summed E-state index contributed by atoms with van der Waals surface area (Å²) in [6.07, 6.45) is 1.46. The van der Waals surface area contributed by atoms with Gasteiger partial charge in [-0.3, -0.25) is 4.79 Å². The van der Waals surface area contributed by atoms with Gasteiger partial charge in [-0.25, -0.2) is 4.98 Å². The van der Waals surface area contributed by atoms with Crippen LogP contribution in [0.1, 0.15) is 59.7 Å². The first-order chi connectivity index (χ1) is 13.9. The van der Waals surface area contributed by atoms with E-state index in [-0.39, 0.29) is 23.9 Å². The molecule has 0 aromatic carbocycles. The van der Waals surface area contributed by atoms with Crippen molar-refractivity contribution in [2.45, 2.75) is 50.7 Å². The van der Waals surface area contributed by atoms with E-state index >= 15 is 0 Å². The van der Waals surface area contributed by atoms with E-state index in [9.17, 15) is 18.0 Å². The van der Waals surface area contributed by atoms with Crippen molar-refractivity contribution in [2.75, 3.05) is 13.7 Å². The third-order valence-electron chi connectivity index (χ3n) is 4.73. The van der Waals surface area contributed by atoms with Gasteiger partial charge in [0.1, 0.15) is 0 Å². The molecule has 2 aromatic heterocycles. The van der Waals surface area contributed by atoms with Crippen LogP contribution in [0.25, 0.3) is 0 Å². The Morgan fingerprint density at radius 1 is 1.28 bits per heavy atom. The van der Waals surface area contributed by atoms with E-state index in [1.165, 1.54) is 13.3 Å². The molecule has 0 saturated heterocycles. The molecule has 0 radical (unpaired) electrons. The van der Waals surface area contributed by atoms with Gasteiger partial charge in [0.2, 0.25) is 5.88 Å². The summed E-state index contributed by atoms with van der Waals surface area (Å²) in [4.78, 5) is 16.5. The topological polar surface area (TPSA) is 86.5 Å². The van der Waals surface area contributed by atoms with Gasteiger partial charge in [0, 0.05) is 17.8 Å². The molecule has 0 bridgehead atoms. The minimum absolute atomic E-state index is 0.0192. The summed E-state index contributed by atoms with van der Waals surface area (Å²) in [7, 11) is 1.45. The molecule has 1 N–H and O–H groups in total. The number of hydrogen-bond acceptors (Lipinski definition) is 6. The Balaban J connectivity index is 1.74. The van der Waals surface area contributed by atoms with Crippen molar-refractivity contribution < 1.29 is 32.0 Å². The fraction of sp³-hybridized carbons (Fsp3) is 0.526. The summed E-state index contributed by atoms with van der Waals surface area (Å²) in [5.41, 5.74) is 0.791. The number of alkyl halides is 3. The van der Waals surface area contributed by atoms with Crippen molar-refractivity contribution in [3.63, 3.8) is 0 Å². The van der Waals surface area contributed by atoms with Crippen molar-refractivity contribution in [1.82, 2.24) is 15.5 Å². The second-order valence-electron chi connectivity index (χ2n) is 6.88. The molecule has 0 aliphatic heterocycles. The summed E-state index contributed by atoms with van der Waals surface area (Å²) < 4.78 is 52.6. The lowest BCUT2D eigenvalue weighted by atomic mass is 9.84. The zero-order chi connectivity index (χ0) is 20.9. The van der Waals surface area contributed by atoms with Crippen LogP contribution in [0.15, 0.2) is 22.9 Å². The minimum Gasteiger partial charge on any atom is -0.479 e. The molecular weight excluding hydrogens is 391 g/mol. The van der Waals surface area contributed by atoms with E-state index in [1.807, 2.05) is 0 Å². The molecule has 2 heterocycles. The van der Waals surface area contributed by atoms with Crippen LogP contribution in [0.5, 0.6) is 11.8 Å². The molecule has 1 amide bonds. The van der Waals surface area contributed by atoms with Crippen molar-refractivity contribution >= 4 is 5.91 Å². The summed E-state index contributed by atoms with van der Waals surface area (Å²) >= 11 is 0. The Hall–Kier alpha value is -2.78. The van der Waals surface area contributed by atoms with Crippen LogP contribution in [0, 0.1) is 0 Å². The number of methoxy groups -OCH3 is 1. The normalized spacial score (nSPS) is 15.2. The number of hydrogen-bond donors (Lipinski definition) is 1. The number of pyridine rings is 1. The molecule has 0 spiro atoms. The second-order valence-corrected chi connectivity index (χ2v) is 6.88. The highest BCUT2D eigenvalue weighted by molar-refractivity contribution is 5.94. The van der Waals surface area contributed by atoms with Crippen molar-refractivity contribution in [2.24, 2.45) is 0 Å². The number of halogens is 3. The number of ether oxygens (including phenoxy) is 2. The highest BCUT2D eigenvalue weighted by atomic mass is 19.4. The molecule has 3 rings (SSSR count). The van der Waals surface area contributed by atoms with Gasteiger partial charge in [-0.2, -0.15) is 13.2 Å². The molecule has 29 heavy (non-hydrogen) atoms.